The van der Waals surface area contributed by atoms with Crippen molar-refractivity contribution in [2.24, 2.45) is 0 Å². The lowest BCUT2D eigenvalue weighted by molar-refractivity contribution is 0.101. The second kappa shape index (κ2) is 4.88. The van der Waals surface area contributed by atoms with Crippen LogP contribution in [0.2, 0.25) is 0 Å². The van der Waals surface area contributed by atoms with Crippen molar-refractivity contribution < 1.29 is 4.79 Å². The highest BCUT2D eigenvalue weighted by molar-refractivity contribution is 5.94. The second-order valence-electron chi connectivity index (χ2n) is 4.88. The smallest absolute Gasteiger partial charge is 0.159 e. The van der Waals surface area contributed by atoms with Gasteiger partial charge in [-0.1, -0.05) is 0 Å². The van der Waals surface area contributed by atoms with Crippen molar-refractivity contribution in [2.75, 3.05) is 31.6 Å². The van der Waals surface area contributed by atoms with Gasteiger partial charge >= 0.3 is 0 Å². The molecule has 1 aliphatic heterocycles. The highest BCUT2D eigenvalue weighted by atomic mass is 16.1. The molecule has 0 aliphatic carbocycles. The number of likely N-dealkylation sites (N-methyl/N-ethyl adjacent to an activating group) is 1. The largest absolute Gasteiger partial charge is 0.369 e. The second-order valence-corrected chi connectivity index (χ2v) is 4.88. The molecule has 0 spiro atoms. The molecular weight excluding hydrogens is 212 g/mol. The Bertz CT molecular complexity index is 399. The van der Waals surface area contributed by atoms with Gasteiger partial charge in [0, 0.05) is 36.9 Å². The normalized spacial score (nSPS) is 21.6. The molecule has 0 radical (unpaired) electrons. The van der Waals surface area contributed by atoms with Crippen molar-refractivity contribution in [3.63, 3.8) is 0 Å². The van der Waals surface area contributed by atoms with E-state index in [0.717, 1.165) is 25.2 Å². The Morgan fingerprint density at radius 1 is 1.24 bits per heavy atom. The molecule has 1 saturated heterocycles. The van der Waals surface area contributed by atoms with Gasteiger partial charge in [-0.15, -0.1) is 0 Å². The molecule has 1 heterocycles. The lowest BCUT2D eigenvalue weighted by Gasteiger charge is -2.39. The van der Waals surface area contributed by atoms with E-state index in [1.54, 1.807) is 6.92 Å². The number of piperazine rings is 1. The Morgan fingerprint density at radius 2 is 1.88 bits per heavy atom. The molecule has 0 bridgehead atoms. The molecule has 2 rings (SSSR count). The predicted molar refractivity (Wildman–Crippen MR) is 70.8 cm³/mol. The zero-order chi connectivity index (χ0) is 12.4. The Balaban J connectivity index is 2.10. The van der Waals surface area contributed by atoms with Crippen LogP contribution >= 0.6 is 0 Å². The maximum absolute atomic E-state index is 11.2. The van der Waals surface area contributed by atoms with Gasteiger partial charge in [0.05, 0.1) is 0 Å². The SMILES string of the molecule is CC(=O)c1ccc(N2CCN(C)[C@@H](C)C2)cc1. The molecule has 0 N–H and O–H groups in total. The first-order valence-electron chi connectivity index (χ1n) is 6.14. The van der Waals surface area contributed by atoms with Crippen LogP contribution in [0, 0.1) is 0 Å². The number of ketones is 1. The summed E-state index contributed by atoms with van der Waals surface area (Å²) < 4.78 is 0. The Labute approximate surface area is 103 Å². The van der Waals surface area contributed by atoms with E-state index in [1.165, 1.54) is 5.69 Å². The molecule has 3 nitrogen and oxygen atoms in total. The van der Waals surface area contributed by atoms with Crippen molar-refractivity contribution in [3.8, 4) is 0 Å². The molecule has 0 saturated carbocycles. The average Bonchev–Trinajstić information content (AvgIpc) is 2.33. The number of benzene rings is 1. The van der Waals surface area contributed by atoms with E-state index in [9.17, 15) is 4.79 Å². The lowest BCUT2D eigenvalue weighted by atomic mass is 10.1. The fourth-order valence-electron chi connectivity index (χ4n) is 2.19. The molecule has 1 atom stereocenters. The lowest BCUT2D eigenvalue weighted by Crippen LogP contribution is -2.50. The summed E-state index contributed by atoms with van der Waals surface area (Å²) in [4.78, 5) is 16.0. The van der Waals surface area contributed by atoms with E-state index in [-0.39, 0.29) is 5.78 Å². The van der Waals surface area contributed by atoms with Crippen LogP contribution in [0.25, 0.3) is 0 Å². The zero-order valence-electron chi connectivity index (χ0n) is 10.8. The Morgan fingerprint density at radius 3 is 2.41 bits per heavy atom. The van der Waals surface area contributed by atoms with Crippen LogP contribution in [-0.4, -0.2) is 43.4 Å². The van der Waals surface area contributed by atoms with Crippen molar-refractivity contribution in [1.82, 2.24) is 4.90 Å². The summed E-state index contributed by atoms with van der Waals surface area (Å²) >= 11 is 0. The zero-order valence-corrected chi connectivity index (χ0v) is 10.8. The van der Waals surface area contributed by atoms with E-state index in [2.05, 4.69) is 35.9 Å². The third-order valence-corrected chi connectivity index (χ3v) is 3.60. The number of carbonyl (C=O) groups is 1. The molecule has 3 heteroatoms. The quantitative estimate of drug-likeness (QED) is 0.729. The van der Waals surface area contributed by atoms with Gasteiger partial charge in [0.25, 0.3) is 0 Å². The number of nitrogens with zero attached hydrogens (tertiary/aromatic N) is 2. The van der Waals surface area contributed by atoms with Crippen molar-refractivity contribution in [1.29, 1.82) is 0 Å². The summed E-state index contributed by atoms with van der Waals surface area (Å²) in [5.74, 6) is 0.128. The highest BCUT2D eigenvalue weighted by Crippen LogP contribution is 2.19. The minimum atomic E-state index is 0.128. The van der Waals surface area contributed by atoms with Gasteiger partial charge in [0.1, 0.15) is 0 Å². The number of anilines is 1. The molecule has 92 valence electrons. The standard InChI is InChI=1S/C14H20N2O/c1-11-10-16(9-8-15(11)3)14-6-4-13(5-7-14)12(2)17/h4-7,11H,8-10H2,1-3H3/t11-/m0/s1. The molecular formula is C14H20N2O. The Hall–Kier alpha value is -1.35. The van der Waals surface area contributed by atoms with Crippen LogP contribution in [0.5, 0.6) is 0 Å². The topological polar surface area (TPSA) is 23.6 Å². The summed E-state index contributed by atoms with van der Waals surface area (Å²) in [6, 6.07) is 8.52. The summed E-state index contributed by atoms with van der Waals surface area (Å²) in [5.41, 5.74) is 2.01. The van der Waals surface area contributed by atoms with E-state index in [1.807, 2.05) is 12.1 Å². The predicted octanol–water partition coefficient (Wildman–Crippen LogP) is 2.03. The van der Waals surface area contributed by atoms with E-state index < -0.39 is 0 Å². The van der Waals surface area contributed by atoms with Gasteiger partial charge in [0.15, 0.2) is 5.78 Å². The van der Waals surface area contributed by atoms with Crippen LogP contribution in [0.3, 0.4) is 0 Å². The summed E-state index contributed by atoms with van der Waals surface area (Å²) in [5, 5.41) is 0. The van der Waals surface area contributed by atoms with E-state index in [0.29, 0.717) is 6.04 Å². The molecule has 1 aromatic rings. The van der Waals surface area contributed by atoms with Crippen LogP contribution in [0.15, 0.2) is 24.3 Å². The van der Waals surface area contributed by atoms with Crippen LogP contribution in [0.1, 0.15) is 24.2 Å². The van der Waals surface area contributed by atoms with Gasteiger partial charge in [-0.2, -0.15) is 0 Å². The number of hydrogen-bond acceptors (Lipinski definition) is 3. The third-order valence-electron chi connectivity index (χ3n) is 3.60. The molecule has 0 unspecified atom stereocenters. The number of Topliss-reactive ketones (excluding diaryl/α,β-unsaturated/α-hetero) is 1. The maximum Gasteiger partial charge on any atom is 0.159 e. The molecule has 0 aromatic heterocycles. The van der Waals surface area contributed by atoms with Crippen molar-refractivity contribution >= 4 is 11.5 Å². The molecule has 0 amide bonds. The third kappa shape index (κ3) is 2.67. The summed E-state index contributed by atoms with van der Waals surface area (Å²) in [7, 11) is 2.17. The van der Waals surface area contributed by atoms with Gasteiger partial charge in [0.2, 0.25) is 0 Å². The van der Waals surface area contributed by atoms with Gasteiger partial charge in [-0.3, -0.25) is 4.79 Å². The van der Waals surface area contributed by atoms with Crippen molar-refractivity contribution in [2.45, 2.75) is 19.9 Å². The number of hydrogen-bond donors (Lipinski definition) is 0. The Kier molecular flexibility index (Phi) is 3.48. The summed E-state index contributed by atoms with van der Waals surface area (Å²) in [6.07, 6.45) is 0. The van der Waals surface area contributed by atoms with Crippen LogP contribution < -0.4 is 4.90 Å². The molecule has 1 aliphatic rings. The monoisotopic (exact) mass is 232 g/mol. The average molecular weight is 232 g/mol. The maximum atomic E-state index is 11.2. The highest BCUT2D eigenvalue weighted by Gasteiger charge is 2.20. The fraction of sp³-hybridized carbons (Fsp3) is 0.500. The minimum Gasteiger partial charge on any atom is -0.369 e. The molecule has 1 fully saturated rings. The van der Waals surface area contributed by atoms with Gasteiger partial charge in [-0.05, 0) is 45.2 Å². The van der Waals surface area contributed by atoms with Gasteiger partial charge in [-0.25, -0.2) is 0 Å². The molecule has 1 aromatic carbocycles. The number of carbonyl (C=O) groups excluding carboxylic acids is 1. The number of rotatable bonds is 2. The minimum absolute atomic E-state index is 0.128. The van der Waals surface area contributed by atoms with E-state index >= 15 is 0 Å². The first-order valence-corrected chi connectivity index (χ1v) is 6.14. The van der Waals surface area contributed by atoms with Crippen molar-refractivity contribution in [3.05, 3.63) is 29.8 Å². The van der Waals surface area contributed by atoms with E-state index in [4.69, 9.17) is 0 Å². The fourth-order valence-corrected chi connectivity index (χ4v) is 2.19. The molecule has 17 heavy (non-hydrogen) atoms. The van der Waals surface area contributed by atoms with Crippen LogP contribution in [-0.2, 0) is 0 Å². The summed E-state index contributed by atoms with van der Waals surface area (Å²) in [6.45, 7) is 7.05. The first-order chi connectivity index (χ1) is 8.08. The van der Waals surface area contributed by atoms with Crippen LogP contribution in [0.4, 0.5) is 5.69 Å². The van der Waals surface area contributed by atoms with Gasteiger partial charge < -0.3 is 9.80 Å². The first kappa shape index (κ1) is 12.1.